The van der Waals surface area contributed by atoms with Crippen LogP contribution in [0.2, 0.25) is 0 Å². The summed E-state index contributed by atoms with van der Waals surface area (Å²) in [7, 11) is 3.17. The molecule has 0 saturated carbocycles. The molecule has 0 fully saturated rings. The number of thiazole rings is 1. The van der Waals surface area contributed by atoms with Crippen LogP contribution >= 0.6 is 22.7 Å². The Morgan fingerprint density at radius 3 is 2.59 bits per heavy atom. The third-order valence-corrected chi connectivity index (χ3v) is 5.30. The maximum Gasteiger partial charge on any atom is 0.267 e. The highest BCUT2D eigenvalue weighted by atomic mass is 32.1. The molecule has 0 aliphatic heterocycles. The van der Waals surface area contributed by atoms with E-state index in [9.17, 15) is 9.59 Å². The number of rotatable bonds is 6. The molecule has 0 spiro atoms. The molecule has 7 nitrogen and oxygen atoms in total. The average Bonchev–Trinajstić information content (AvgIpc) is 3.30. The van der Waals surface area contributed by atoms with Gasteiger partial charge >= 0.3 is 0 Å². The highest BCUT2D eigenvalue weighted by Crippen LogP contribution is 2.35. The summed E-state index contributed by atoms with van der Waals surface area (Å²) in [5, 5.41) is 8.37. The summed E-state index contributed by atoms with van der Waals surface area (Å²) in [6, 6.07) is 8.81. The van der Waals surface area contributed by atoms with E-state index in [1.54, 1.807) is 32.4 Å². The van der Waals surface area contributed by atoms with Crippen LogP contribution in [0.3, 0.4) is 0 Å². The summed E-state index contributed by atoms with van der Waals surface area (Å²) in [5.41, 5.74) is 1.50. The second-order valence-corrected chi connectivity index (χ2v) is 7.35. The molecule has 140 valence electrons. The van der Waals surface area contributed by atoms with Crippen molar-refractivity contribution in [3.8, 4) is 22.8 Å². The lowest BCUT2D eigenvalue weighted by Gasteiger charge is -2.08. The number of benzene rings is 1. The van der Waals surface area contributed by atoms with Gasteiger partial charge in [0.2, 0.25) is 5.91 Å². The van der Waals surface area contributed by atoms with Crippen LogP contribution in [-0.2, 0) is 4.79 Å². The van der Waals surface area contributed by atoms with Crippen molar-refractivity contribution < 1.29 is 19.1 Å². The van der Waals surface area contributed by atoms with Gasteiger partial charge in [0.05, 0.1) is 29.8 Å². The van der Waals surface area contributed by atoms with Gasteiger partial charge in [-0.15, -0.1) is 22.7 Å². The number of amides is 2. The van der Waals surface area contributed by atoms with Gasteiger partial charge in [-0.2, -0.15) is 0 Å². The van der Waals surface area contributed by atoms with Crippen molar-refractivity contribution in [2.24, 2.45) is 0 Å². The number of hydrogen-bond donors (Lipinski definition) is 2. The summed E-state index contributed by atoms with van der Waals surface area (Å²) in [6.07, 6.45) is 0. The first-order valence-electron chi connectivity index (χ1n) is 7.87. The predicted molar refractivity (Wildman–Crippen MR) is 107 cm³/mol. The molecular weight excluding hydrogens is 386 g/mol. The molecule has 3 rings (SSSR count). The zero-order chi connectivity index (χ0) is 19.4. The Kier molecular flexibility index (Phi) is 5.72. The molecule has 0 bridgehead atoms. The number of methoxy groups -OCH3 is 2. The molecule has 1 aromatic carbocycles. The Balaban J connectivity index is 1.75. The van der Waals surface area contributed by atoms with Gasteiger partial charge in [0.15, 0.2) is 5.13 Å². The van der Waals surface area contributed by atoms with E-state index in [2.05, 4.69) is 15.6 Å². The van der Waals surface area contributed by atoms with Crippen LogP contribution in [0.25, 0.3) is 11.3 Å². The molecule has 2 N–H and O–H groups in total. The highest BCUT2D eigenvalue weighted by molar-refractivity contribution is 7.18. The Labute approximate surface area is 164 Å². The second kappa shape index (κ2) is 8.19. The summed E-state index contributed by atoms with van der Waals surface area (Å²) in [5.74, 6) is 0.865. The normalized spacial score (nSPS) is 10.3. The fourth-order valence-corrected chi connectivity index (χ4v) is 3.88. The summed E-state index contributed by atoms with van der Waals surface area (Å²) < 4.78 is 10.6. The van der Waals surface area contributed by atoms with Gasteiger partial charge in [0.25, 0.3) is 5.91 Å². The number of carbonyl (C=O) groups excluding carboxylic acids is 2. The van der Waals surface area contributed by atoms with Gasteiger partial charge in [-0.3, -0.25) is 14.9 Å². The van der Waals surface area contributed by atoms with E-state index in [0.29, 0.717) is 32.2 Å². The van der Waals surface area contributed by atoms with Crippen LogP contribution < -0.4 is 20.1 Å². The number of anilines is 2. The van der Waals surface area contributed by atoms with Crippen molar-refractivity contribution in [3.63, 3.8) is 0 Å². The maximum absolute atomic E-state index is 12.4. The van der Waals surface area contributed by atoms with E-state index in [0.717, 1.165) is 5.56 Å². The molecular formula is C18H17N3O4S2. The van der Waals surface area contributed by atoms with Crippen LogP contribution in [-0.4, -0.2) is 31.0 Å². The fraction of sp³-hybridized carbons (Fsp3) is 0.167. The third kappa shape index (κ3) is 4.44. The molecule has 0 aliphatic carbocycles. The van der Waals surface area contributed by atoms with Crippen LogP contribution in [0.4, 0.5) is 10.1 Å². The number of nitrogens with one attached hydrogen (secondary N) is 2. The van der Waals surface area contributed by atoms with E-state index >= 15 is 0 Å². The van der Waals surface area contributed by atoms with Gasteiger partial charge in [-0.05, 0) is 24.3 Å². The number of carbonyl (C=O) groups is 2. The standard InChI is InChI=1S/C18H17N3O4S2/c1-10(22)19-16-7-6-15(27-16)17(23)21-18-20-13(9-26-18)12-5-4-11(24-2)8-14(12)25-3/h4-9H,1-3H3,(H,19,22)(H,20,21,23). The Bertz CT molecular complexity index is 981. The van der Waals surface area contributed by atoms with Crippen LogP contribution in [0.5, 0.6) is 11.5 Å². The van der Waals surface area contributed by atoms with Crippen molar-refractivity contribution in [2.45, 2.75) is 6.92 Å². The van der Waals surface area contributed by atoms with Crippen LogP contribution in [0.1, 0.15) is 16.6 Å². The van der Waals surface area contributed by atoms with Gasteiger partial charge in [0, 0.05) is 23.9 Å². The lowest BCUT2D eigenvalue weighted by molar-refractivity contribution is -0.114. The number of aromatic nitrogens is 1. The summed E-state index contributed by atoms with van der Waals surface area (Å²) in [6.45, 7) is 1.42. The fourth-order valence-electron chi connectivity index (χ4n) is 2.32. The lowest BCUT2D eigenvalue weighted by atomic mass is 10.1. The van der Waals surface area contributed by atoms with E-state index < -0.39 is 0 Å². The minimum absolute atomic E-state index is 0.179. The minimum Gasteiger partial charge on any atom is -0.497 e. The van der Waals surface area contributed by atoms with Crippen LogP contribution in [0, 0.1) is 0 Å². The third-order valence-electron chi connectivity index (χ3n) is 3.54. The van der Waals surface area contributed by atoms with Gasteiger partial charge in [-0.1, -0.05) is 0 Å². The SMILES string of the molecule is COc1ccc(-c2csc(NC(=O)c3ccc(NC(C)=O)s3)n2)c(OC)c1. The molecule has 0 aliphatic rings. The largest absolute Gasteiger partial charge is 0.497 e. The molecule has 3 aromatic rings. The monoisotopic (exact) mass is 403 g/mol. The van der Waals surface area contributed by atoms with E-state index in [-0.39, 0.29) is 11.8 Å². The molecule has 2 aromatic heterocycles. The number of ether oxygens (including phenoxy) is 2. The van der Waals surface area contributed by atoms with Gasteiger partial charge in [0.1, 0.15) is 11.5 Å². The zero-order valence-corrected chi connectivity index (χ0v) is 16.5. The van der Waals surface area contributed by atoms with Crippen molar-refractivity contribution in [2.75, 3.05) is 24.9 Å². The molecule has 2 heterocycles. The van der Waals surface area contributed by atoms with E-state index in [1.807, 2.05) is 17.5 Å². The number of hydrogen-bond acceptors (Lipinski definition) is 7. The lowest BCUT2D eigenvalue weighted by Crippen LogP contribution is -2.09. The molecule has 9 heteroatoms. The van der Waals surface area contributed by atoms with Crippen molar-refractivity contribution in [1.82, 2.24) is 4.98 Å². The molecule has 0 atom stereocenters. The molecule has 0 radical (unpaired) electrons. The smallest absolute Gasteiger partial charge is 0.267 e. The highest BCUT2D eigenvalue weighted by Gasteiger charge is 2.15. The van der Waals surface area contributed by atoms with E-state index in [4.69, 9.17) is 9.47 Å². The Morgan fingerprint density at radius 1 is 1.07 bits per heavy atom. The van der Waals surface area contributed by atoms with Crippen molar-refractivity contribution in [3.05, 3.63) is 40.6 Å². The summed E-state index contributed by atoms with van der Waals surface area (Å²) in [4.78, 5) is 28.4. The topological polar surface area (TPSA) is 89.6 Å². The molecule has 0 saturated heterocycles. The molecule has 2 amide bonds. The van der Waals surface area contributed by atoms with Crippen molar-refractivity contribution >= 4 is 44.6 Å². The first kappa shape index (κ1) is 18.9. The molecule has 0 unspecified atom stereocenters. The quantitative estimate of drug-likeness (QED) is 0.647. The zero-order valence-electron chi connectivity index (χ0n) is 14.9. The first-order chi connectivity index (χ1) is 13.0. The Morgan fingerprint density at radius 2 is 1.89 bits per heavy atom. The average molecular weight is 403 g/mol. The number of nitrogens with zero attached hydrogens (tertiary/aromatic N) is 1. The maximum atomic E-state index is 12.4. The second-order valence-electron chi connectivity index (χ2n) is 5.40. The molecule has 27 heavy (non-hydrogen) atoms. The Hall–Kier alpha value is -2.91. The van der Waals surface area contributed by atoms with Crippen molar-refractivity contribution in [1.29, 1.82) is 0 Å². The minimum atomic E-state index is -0.279. The van der Waals surface area contributed by atoms with Gasteiger partial charge in [-0.25, -0.2) is 4.98 Å². The van der Waals surface area contributed by atoms with Crippen LogP contribution in [0.15, 0.2) is 35.7 Å². The predicted octanol–water partition coefficient (Wildman–Crippen LogP) is 4.10. The number of thiophene rings is 1. The summed E-state index contributed by atoms with van der Waals surface area (Å²) >= 11 is 2.52. The van der Waals surface area contributed by atoms with E-state index in [1.165, 1.54) is 29.6 Å². The first-order valence-corrected chi connectivity index (χ1v) is 9.56. The van der Waals surface area contributed by atoms with Gasteiger partial charge < -0.3 is 14.8 Å².